The van der Waals surface area contributed by atoms with Crippen molar-refractivity contribution >= 4 is 11.8 Å². The van der Waals surface area contributed by atoms with Crippen LogP contribution in [0.4, 0.5) is 0 Å². The molecule has 0 rings (SSSR count). The zero-order valence-corrected chi connectivity index (χ0v) is 7.07. The normalized spacial score (nSPS) is 15.2. The molecule has 0 aromatic rings. The van der Waals surface area contributed by atoms with Gasteiger partial charge < -0.3 is 15.5 Å². The molecule has 0 spiro atoms. The quantitative estimate of drug-likeness (QED) is 0.499. The monoisotopic (exact) mass is 175 g/mol. The molecule has 0 radical (unpaired) electrons. The van der Waals surface area contributed by atoms with Crippen molar-refractivity contribution in [2.45, 2.75) is 25.5 Å². The average Bonchev–Trinajstić information content (AvgIpc) is 2.02. The Hall–Kier alpha value is -0.940. The van der Waals surface area contributed by atoms with E-state index >= 15 is 0 Å². The van der Waals surface area contributed by atoms with Crippen molar-refractivity contribution in [1.82, 2.24) is 5.32 Å². The van der Waals surface area contributed by atoms with Crippen LogP contribution < -0.4 is 5.32 Å². The van der Waals surface area contributed by atoms with Gasteiger partial charge in [0, 0.05) is 6.42 Å². The maximum absolute atomic E-state index is 11.0. The van der Waals surface area contributed by atoms with E-state index in [4.69, 9.17) is 10.2 Å². The van der Waals surface area contributed by atoms with E-state index < -0.39 is 18.1 Å². The third kappa shape index (κ3) is 3.45. The summed E-state index contributed by atoms with van der Waals surface area (Å²) in [6, 6.07) is -0.418. The van der Waals surface area contributed by atoms with Crippen LogP contribution in [0.1, 0.15) is 13.3 Å². The SMILES string of the molecule is CN[C@@H](C)C(=O)CC(O)C(=O)O. The molecule has 0 aliphatic carbocycles. The average molecular weight is 175 g/mol. The highest BCUT2D eigenvalue weighted by Gasteiger charge is 2.20. The molecule has 0 aromatic carbocycles. The van der Waals surface area contributed by atoms with Crippen LogP contribution in [0.15, 0.2) is 0 Å². The maximum atomic E-state index is 11.0. The fraction of sp³-hybridized carbons (Fsp3) is 0.714. The summed E-state index contributed by atoms with van der Waals surface area (Å²) in [5.41, 5.74) is 0. The van der Waals surface area contributed by atoms with Gasteiger partial charge in [0.2, 0.25) is 0 Å². The highest BCUT2D eigenvalue weighted by atomic mass is 16.4. The number of rotatable bonds is 5. The molecule has 0 heterocycles. The number of carboxylic acid groups (broad SMARTS) is 1. The Morgan fingerprint density at radius 2 is 2.00 bits per heavy atom. The lowest BCUT2D eigenvalue weighted by Gasteiger charge is -2.09. The first-order valence-electron chi connectivity index (χ1n) is 3.60. The van der Waals surface area contributed by atoms with Gasteiger partial charge in [0.1, 0.15) is 0 Å². The Kier molecular flexibility index (Phi) is 4.46. The van der Waals surface area contributed by atoms with E-state index in [1.54, 1.807) is 14.0 Å². The summed E-state index contributed by atoms with van der Waals surface area (Å²) in [7, 11) is 1.59. The highest BCUT2D eigenvalue weighted by Crippen LogP contribution is 1.96. The predicted molar refractivity (Wildman–Crippen MR) is 41.8 cm³/mol. The molecular weight excluding hydrogens is 162 g/mol. The van der Waals surface area contributed by atoms with Gasteiger partial charge in [-0.25, -0.2) is 4.79 Å². The molecule has 0 bridgehead atoms. The molecule has 0 aliphatic rings. The number of hydrogen-bond acceptors (Lipinski definition) is 4. The van der Waals surface area contributed by atoms with Crippen LogP contribution >= 0.6 is 0 Å². The largest absolute Gasteiger partial charge is 0.479 e. The van der Waals surface area contributed by atoms with Crippen molar-refractivity contribution < 1.29 is 19.8 Å². The van der Waals surface area contributed by atoms with E-state index in [0.717, 1.165) is 0 Å². The van der Waals surface area contributed by atoms with Crippen molar-refractivity contribution in [3.8, 4) is 0 Å². The number of nitrogens with one attached hydrogen (secondary N) is 1. The first-order valence-corrected chi connectivity index (χ1v) is 3.60. The van der Waals surface area contributed by atoms with Crippen LogP contribution in [0.5, 0.6) is 0 Å². The van der Waals surface area contributed by atoms with E-state index in [0.29, 0.717) is 0 Å². The predicted octanol–water partition coefficient (Wildman–Crippen LogP) is -1.00. The molecular formula is C7H13NO4. The molecule has 5 heteroatoms. The van der Waals surface area contributed by atoms with Gasteiger partial charge >= 0.3 is 5.97 Å². The Balaban J connectivity index is 3.92. The second-order valence-electron chi connectivity index (χ2n) is 2.53. The molecule has 1 unspecified atom stereocenters. The number of likely N-dealkylation sites (N-methyl/N-ethyl adjacent to an activating group) is 1. The van der Waals surface area contributed by atoms with Crippen molar-refractivity contribution in [2.24, 2.45) is 0 Å². The van der Waals surface area contributed by atoms with Crippen LogP contribution in [0.25, 0.3) is 0 Å². The number of aliphatic hydroxyl groups is 1. The molecule has 0 aromatic heterocycles. The van der Waals surface area contributed by atoms with Gasteiger partial charge in [0.15, 0.2) is 11.9 Å². The highest BCUT2D eigenvalue weighted by molar-refractivity contribution is 5.88. The lowest BCUT2D eigenvalue weighted by atomic mass is 10.1. The van der Waals surface area contributed by atoms with Crippen molar-refractivity contribution in [2.75, 3.05) is 7.05 Å². The Morgan fingerprint density at radius 1 is 1.50 bits per heavy atom. The summed E-state index contributed by atoms with van der Waals surface area (Å²) in [6.07, 6.45) is -1.94. The number of aliphatic carboxylic acids is 1. The number of ketones is 1. The zero-order chi connectivity index (χ0) is 9.72. The van der Waals surface area contributed by atoms with E-state index in [1.165, 1.54) is 0 Å². The van der Waals surface area contributed by atoms with Crippen LogP contribution in [0.3, 0.4) is 0 Å². The van der Waals surface area contributed by atoms with Gasteiger partial charge in [-0.2, -0.15) is 0 Å². The Bertz CT molecular complexity index is 180. The van der Waals surface area contributed by atoms with Gasteiger partial charge in [-0.05, 0) is 14.0 Å². The van der Waals surface area contributed by atoms with E-state index in [2.05, 4.69) is 5.32 Å². The molecule has 12 heavy (non-hydrogen) atoms. The number of carbonyl (C=O) groups is 2. The Labute approximate surface area is 70.4 Å². The molecule has 0 fully saturated rings. The molecule has 0 saturated heterocycles. The number of carbonyl (C=O) groups excluding carboxylic acids is 1. The number of hydrogen-bond donors (Lipinski definition) is 3. The summed E-state index contributed by atoms with van der Waals surface area (Å²) in [4.78, 5) is 21.1. The van der Waals surface area contributed by atoms with E-state index in [-0.39, 0.29) is 12.2 Å². The molecule has 0 aliphatic heterocycles. The summed E-state index contributed by atoms with van der Waals surface area (Å²) in [5.74, 6) is -1.68. The fourth-order valence-corrected chi connectivity index (χ4v) is 0.616. The van der Waals surface area contributed by atoms with Gasteiger partial charge in [-0.3, -0.25) is 4.79 Å². The van der Waals surface area contributed by atoms with Gasteiger partial charge in [0.25, 0.3) is 0 Å². The smallest absolute Gasteiger partial charge is 0.332 e. The van der Waals surface area contributed by atoms with Gasteiger partial charge in [0.05, 0.1) is 6.04 Å². The summed E-state index contributed by atoms with van der Waals surface area (Å²) in [6.45, 7) is 1.61. The molecule has 70 valence electrons. The van der Waals surface area contributed by atoms with Crippen LogP contribution in [-0.2, 0) is 9.59 Å². The lowest BCUT2D eigenvalue weighted by molar-refractivity contribution is -0.149. The van der Waals surface area contributed by atoms with Crippen molar-refractivity contribution in [3.05, 3.63) is 0 Å². The van der Waals surface area contributed by atoms with E-state index in [9.17, 15) is 9.59 Å². The Morgan fingerprint density at radius 3 is 2.33 bits per heavy atom. The first kappa shape index (κ1) is 11.1. The minimum Gasteiger partial charge on any atom is -0.479 e. The van der Waals surface area contributed by atoms with Gasteiger partial charge in [-0.1, -0.05) is 0 Å². The third-order valence-corrected chi connectivity index (χ3v) is 1.60. The number of Topliss-reactive ketones (excluding diaryl/α,β-unsaturated/α-hetero) is 1. The summed E-state index contributed by atoms with van der Waals surface area (Å²) >= 11 is 0. The second kappa shape index (κ2) is 4.84. The molecule has 5 nitrogen and oxygen atoms in total. The van der Waals surface area contributed by atoms with Crippen LogP contribution in [0.2, 0.25) is 0 Å². The van der Waals surface area contributed by atoms with Crippen LogP contribution in [-0.4, -0.2) is 41.2 Å². The summed E-state index contributed by atoms with van der Waals surface area (Å²) < 4.78 is 0. The summed E-state index contributed by atoms with van der Waals surface area (Å²) in [5, 5.41) is 19.7. The standard InChI is InChI=1S/C7H13NO4/c1-4(8-2)5(9)3-6(10)7(11)12/h4,6,8,10H,3H2,1-2H3,(H,11,12)/t4-,6?/m0/s1. The second-order valence-corrected chi connectivity index (χ2v) is 2.53. The molecule has 3 N–H and O–H groups in total. The topological polar surface area (TPSA) is 86.6 Å². The molecule has 0 amide bonds. The number of carboxylic acids is 1. The minimum absolute atomic E-state index is 0.313. The van der Waals surface area contributed by atoms with Crippen molar-refractivity contribution in [1.29, 1.82) is 0 Å². The van der Waals surface area contributed by atoms with Gasteiger partial charge in [-0.15, -0.1) is 0 Å². The molecule has 0 saturated carbocycles. The molecule has 2 atom stereocenters. The minimum atomic E-state index is -1.59. The zero-order valence-electron chi connectivity index (χ0n) is 7.07. The van der Waals surface area contributed by atoms with Crippen molar-refractivity contribution in [3.63, 3.8) is 0 Å². The number of aliphatic hydroxyl groups excluding tert-OH is 1. The lowest BCUT2D eigenvalue weighted by Crippen LogP contribution is -2.35. The first-order chi connectivity index (χ1) is 5.49. The fourth-order valence-electron chi connectivity index (χ4n) is 0.616. The van der Waals surface area contributed by atoms with E-state index in [1.807, 2.05) is 0 Å². The third-order valence-electron chi connectivity index (χ3n) is 1.60. The maximum Gasteiger partial charge on any atom is 0.332 e. The van der Waals surface area contributed by atoms with Crippen LogP contribution in [0, 0.1) is 0 Å².